The number of hydrogen-bond acceptors (Lipinski definition) is 3. The van der Waals surface area contributed by atoms with Crippen molar-refractivity contribution in [1.82, 2.24) is 4.98 Å². The molecule has 2 nitrogen and oxygen atoms in total. The summed E-state index contributed by atoms with van der Waals surface area (Å²) in [5.41, 5.74) is 6.26. The van der Waals surface area contributed by atoms with E-state index in [0.717, 1.165) is 17.4 Å². The second kappa shape index (κ2) is 5.59. The Balaban J connectivity index is 2.04. The standard InChI is InChI=1S/C13H19ClN2S/c1-8-5-9(2)13(11(15)6-8)17-12-4-3-10(14)7-16-12/h3-4,7-9,11,13H,5-6,15H2,1-2H3. The first kappa shape index (κ1) is 13.2. The van der Waals surface area contributed by atoms with Crippen molar-refractivity contribution in [2.45, 2.75) is 43.0 Å². The van der Waals surface area contributed by atoms with E-state index in [2.05, 4.69) is 18.8 Å². The van der Waals surface area contributed by atoms with Crippen molar-refractivity contribution in [1.29, 1.82) is 0 Å². The maximum atomic E-state index is 6.26. The quantitative estimate of drug-likeness (QED) is 0.893. The van der Waals surface area contributed by atoms with E-state index in [1.807, 2.05) is 12.1 Å². The second-order valence-electron chi connectivity index (χ2n) is 5.11. The molecule has 0 aliphatic heterocycles. The minimum Gasteiger partial charge on any atom is -0.327 e. The smallest absolute Gasteiger partial charge is 0.0964 e. The average molecular weight is 271 g/mol. The fraction of sp³-hybridized carbons (Fsp3) is 0.615. The molecule has 1 fully saturated rings. The van der Waals surface area contributed by atoms with Crippen LogP contribution in [0.3, 0.4) is 0 Å². The van der Waals surface area contributed by atoms with Gasteiger partial charge in [0.25, 0.3) is 0 Å². The van der Waals surface area contributed by atoms with Crippen LogP contribution in [0.15, 0.2) is 23.4 Å². The van der Waals surface area contributed by atoms with Gasteiger partial charge in [0.05, 0.1) is 10.0 Å². The zero-order valence-electron chi connectivity index (χ0n) is 10.3. The van der Waals surface area contributed by atoms with Crippen LogP contribution in [0.4, 0.5) is 0 Å². The van der Waals surface area contributed by atoms with Gasteiger partial charge in [-0.15, -0.1) is 11.8 Å². The van der Waals surface area contributed by atoms with Gasteiger partial charge in [-0.25, -0.2) is 4.98 Å². The number of nitrogens with zero attached hydrogens (tertiary/aromatic N) is 1. The van der Waals surface area contributed by atoms with Gasteiger partial charge in [-0.05, 0) is 36.8 Å². The monoisotopic (exact) mass is 270 g/mol. The van der Waals surface area contributed by atoms with Crippen molar-refractivity contribution in [2.75, 3.05) is 0 Å². The third-order valence-electron chi connectivity index (χ3n) is 3.39. The molecule has 1 aromatic rings. The van der Waals surface area contributed by atoms with Gasteiger partial charge in [0.1, 0.15) is 0 Å². The predicted molar refractivity (Wildman–Crippen MR) is 74.4 cm³/mol. The van der Waals surface area contributed by atoms with Crippen molar-refractivity contribution in [3.63, 3.8) is 0 Å². The molecule has 4 unspecified atom stereocenters. The maximum absolute atomic E-state index is 6.26. The first-order valence-corrected chi connectivity index (χ1v) is 7.36. The Kier molecular flexibility index (Phi) is 4.34. The maximum Gasteiger partial charge on any atom is 0.0964 e. The Morgan fingerprint density at radius 3 is 2.71 bits per heavy atom. The highest BCUT2D eigenvalue weighted by Gasteiger charge is 2.32. The molecule has 17 heavy (non-hydrogen) atoms. The van der Waals surface area contributed by atoms with E-state index in [1.165, 1.54) is 6.42 Å². The molecule has 2 N–H and O–H groups in total. The van der Waals surface area contributed by atoms with Gasteiger partial charge in [0.2, 0.25) is 0 Å². The molecule has 94 valence electrons. The normalized spacial score (nSPS) is 33.6. The molecule has 0 aromatic carbocycles. The van der Waals surface area contributed by atoms with Gasteiger partial charge in [-0.2, -0.15) is 0 Å². The molecule has 0 bridgehead atoms. The van der Waals surface area contributed by atoms with Crippen LogP contribution in [0.1, 0.15) is 26.7 Å². The van der Waals surface area contributed by atoms with Crippen molar-refractivity contribution in [2.24, 2.45) is 17.6 Å². The Hall–Kier alpha value is -0.250. The predicted octanol–water partition coefficient (Wildman–Crippen LogP) is 3.59. The average Bonchev–Trinajstić information content (AvgIpc) is 2.26. The molecule has 0 amide bonds. The Labute approximate surface area is 112 Å². The molecule has 1 aliphatic rings. The van der Waals surface area contributed by atoms with E-state index in [4.69, 9.17) is 17.3 Å². The summed E-state index contributed by atoms with van der Waals surface area (Å²) in [7, 11) is 0. The number of hydrogen-bond donors (Lipinski definition) is 1. The highest BCUT2D eigenvalue weighted by Crippen LogP contribution is 2.38. The molecule has 2 rings (SSSR count). The van der Waals surface area contributed by atoms with E-state index < -0.39 is 0 Å². The molecule has 4 atom stereocenters. The number of nitrogens with two attached hydrogens (primary N) is 1. The minimum atomic E-state index is 0.274. The summed E-state index contributed by atoms with van der Waals surface area (Å²) in [5.74, 6) is 1.39. The van der Waals surface area contributed by atoms with Crippen molar-refractivity contribution in [3.05, 3.63) is 23.4 Å². The molecule has 0 saturated heterocycles. The van der Waals surface area contributed by atoms with Gasteiger partial charge in [-0.3, -0.25) is 0 Å². The number of rotatable bonds is 2. The lowest BCUT2D eigenvalue weighted by Crippen LogP contribution is -2.42. The third-order valence-corrected chi connectivity index (χ3v) is 5.18. The molecule has 4 heteroatoms. The van der Waals surface area contributed by atoms with Crippen LogP contribution in [-0.2, 0) is 0 Å². The number of aromatic nitrogens is 1. The zero-order valence-corrected chi connectivity index (χ0v) is 11.8. The van der Waals surface area contributed by atoms with Crippen molar-refractivity contribution >= 4 is 23.4 Å². The van der Waals surface area contributed by atoms with Crippen LogP contribution in [0.25, 0.3) is 0 Å². The molecule has 1 saturated carbocycles. The minimum absolute atomic E-state index is 0.274. The second-order valence-corrected chi connectivity index (χ2v) is 6.75. The van der Waals surface area contributed by atoms with Crippen molar-refractivity contribution < 1.29 is 0 Å². The summed E-state index contributed by atoms with van der Waals surface area (Å²) >= 11 is 7.63. The van der Waals surface area contributed by atoms with Crippen LogP contribution in [0.5, 0.6) is 0 Å². The van der Waals surface area contributed by atoms with E-state index in [0.29, 0.717) is 16.2 Å². The highest BCUT2D eigenvalue weighted by atomic mass is 35.5. The number of thioether (sulfide) groups is 1. The van der Waals surface area contributed by atoms with Crippen LogP contribution < -0.4 is 5.73 Å². The summed E-state index contributed by atoms with van der Waals surface area (Å²) in [4.78, 5) is 4.34. The third kappa shape index (κ3) is 3.36. The number of halogens is 1. The lowest BCUT2D eigenvalue weighted by Gasteiger charge is -2.37. The molecule has 0 radical (unpaired) electrons. The fourth-order valence-electron chi connectivity index (χ4n) is 2.66. The summed E-state index contributed by atoms with van der Waals surface area (Å²) in [5, 5.41) is 2.18. The first-order valence-electron chi connectivity index (χ1n) is 6.10. The van der Waals surface area contributed by atoms with Crippen LogP contribution in [0.2, 0.25) is 5.02 Å². The summed E-state index contributed by atoms with van der Waals surface area (Å²) in [6.45, 7) is 4.58. The lowest BCUT2D eigenvalue weighted by molar-refractivity contribution is 0.279. The largest absolute Gasteiger partial charge is 0.327 e. The SMILES string of the molecule is CC1CC(C)C(Sc2ccc(Cl)cn2)C(N)C1. The Morgan fingerprint density at radius 2 is 2.12 bits per heavy atom. The molecule has 1 aliphatic carbocycles. The van der Waals surface area contributed by atoms with Gasteiger partial charge in [0, 0.05) is 17.5 Å². The van der Waals surface area contributed by atoms with Gasteiger partial charge >= 0.3 is 0 Å². The fourth-order valence-corrected chi connectivity index (χ4v) is 3.94. The van der Waals surface area contributed by atoms with E-state index in [-0.39, 0.29) is 6.04 Å². The first-order chi connectivity index (χ1) is 8.06. The van der Waals surface area contributed by atoms with Gasteiger partial charge in [-0.1, -0.05) is 25.4 Å². The molecule has 1 aromatic heterocycles. The van der Waals surface area contributed by atoms with E-state index >= 15 is 0 Å². The van der Waals surface area contributed by atoms with Crippen LogP contribution >= 0.6 is 23.4 Å². The molecule has 0 spiro atoms. The van der Waals surface area contributed by atoms with E-state index in [1.54, 1.807) is 18.0 Å². The zero-order chi connectivity index (χ0) is 12.4. The number of pyridine rings is 1. The topological polar surface area (TPSA) is 38.9 Å². The summed E-state index contributed by atoms with van der Waals surface area (Å²) < 4.78 is 0. The van der Waals surface area contributed by atoms with Gasteiger partial charge < -0.3 is 5.73 Å². The van der Waals surface area contributed by atoms with E-state index in [9.17, 15) is 0 Å². The Morgan fingerprint density at radius 1 is 1.35 bits per heavy atom. The Bertz CT molecular complexity index is 356. The summed E-state index contributed by atoms with van der Waals surface area (Å²) in [6.07, 6.45) is 4.08. The van der Waals surface area contributed by atoms with Crippen LogP contribution in [-0.4, -0.2) is 16.3 Å². The molecule has 1 heterocycles. The molecular weight excluding hydrogens is 252 g/mol. The van der Waals surface area contributed by atoms with Gasteiger partial charge in [0.15, 0.2) is 0 Å². The summed E-state index contributed by atoms with van der Waals surface area (Å²) in [6, 6.07) is 4.14. The highest BCUT2D eigenvalue weighted by molar-refractivity contribution is 7.99. The molecular formula is C13H19ClN2S. The van der Waals surface area contributed by atoms with Crippen molar-refractivity contribution in [3.8, 4) is 0 Å². The lowest BCUT2D eigenvalue weighted by atomic mass is 9.80. The van der Waals surface area contributed by atoms with Crippen LogP contribution in [0, 0.1) is 11.8 Å².